The first-order valence-electron chi connectivity index (χ1n) is 8.09. The fourth-order valence-electron chi connectivity index (χ4n) is 2.69. The van der Waals surface area contributed by atoms with Crippen LogP contribution in [0.1, 0.15) is 25.3 Å². The topological polar surface area (TPSA) is 62.8 Å². The van der Waals surface area contributed by atoms with Gasteiger partial charge in [-0.05, 0) is 30.5 Å². The molecule has 0 aliphatic carbocycles. The Hall–Kier alpha value is -1.63. The summed E-state index contributed by atoms with van der Waals surface area (Å²) in [7, 11) is 3.30. The number of ether oxygens (including phenoxy) is 2. The zero-order valence-corrected chi connectivity index (χ0v) is 14.2. The number of nitrogens with one attached hydrogen (secondary N) is 2. The van der Waals surface area contributed by atoms with Gasteiger partial charge in [0, 0.05) is 26.2 Å². The number of methoxy groups -OCH3 is 2. The third-order valence-electron chi connectivity index (χ3n) is 4.18. The van der Waals surface area contributed by atoms with Crippen molar-refractivity contribution in [3.05, 3.63) is 29.8 Å². The van der Waals surface area contributed by atoms with Crippen LogP contribution in [0.3, 0.4) is 0 Å². The van der Waals surface area contributed by atoms with Crippen LogP contribution >= 0.6 is 0 Å². The molecule has 2 N–H and O–H groups in total. The van der Waals surface area contributed by atoms with Crippen LogP contribution < -0.4 is 15.6 Å². The largest absolute Gasteiger partial charge is 0.497 e. The van der Waals surface area contributed by atoms with Gasteiger partial charge in [-0.3, -0.25) is 10.2 Å². The smallest absolute Gasteiger partial charge is 0.241 e. The fourth-order valence-corrected chi connectivity index (χ4v) is 2.69. The quantitative estimate of drug-likeness (QED) is 0.756. The summed E-state index contributed by atoms with van der Waals surface area (Å²) in [6, 6.07) is 7.99. The van der Waals surface area contributed by atoms with Gasteiger partial charge in [0.25, 0.3) is 0 Å². The summed E-state index contributed by atoms with van der Waals surface area (Å²) in [5.74, 6) is 0.928. The van der Waals surface area contributed by atoms with E-state index in [-0.39, 0.29) is 11.9 Å². The fraction of sp³-hybridized carbons (Fsp3) is 0.588. The van der Waals surface area contributed by atoms with Gasteiger partial charge in [0.15, 0.2) is 0 Å². The number of benzene rings is 1. The lowest BCUT2D eigenvalue weighted by molar-refractivity contribution is -0.134. The van der Waals surface area contributed by atoms with E-state index >= 15 is 0 Å². The number of hydrogen-bond donors (Lipinski definition) is 2. The van der Waals surface area contributed by atoms with E-state index in [4.69, 9.17) is 9.47 Å². The maximum absolute atomic E-state index is 12.8. The molecule has 0 saturated carbocycles. The highest BCUT2D eigenvalue weighted by Crippen LogP contribution is 2.16. The molecule has 1 aromatic carbocycles. The van der Waals surface area contributed by atoms with E-state index in [1.165, 1.54) is 0 Å². The summed E-state index contributed by atoms with van der Waals surface area (Å²) < 4.78 is 10.3. The van der Waals surface area contributed by atoms with Crippen molar-refractivity contribution in [2.75, 3.05) is 27.4 Å². The monoisotopic (exact) mass is 321 g/mol. The molecule has 1 amide bonds. The number of rotatable bonds is 8. The molecular weight excluding hydrogens is 294 g/mol. The maximum atomic E-state index is 12.8. The van der Waals surface area contributed by atoms with Crippen molar-refractivity contribution in [3.8, 4) is 5.75 Å². The molecule has 1 aliphatic heterocycles. The summed E-state index contributed by atoms with van der Waals surface area (Å²) in [4.78, 5) is 14.6. The van der Waals surface area contributed by atoms with Gasteiger partial charge in [0.2, 0.25) is 5.91 Å². The van der Waals surface area contributed by atoms with E-state index in [0.29, 0.717) is 25.7 Å². The summed E-state index contributed by atoms with van der Waals surface area (Å²) in [6.07, 6.45) is 1.83. The predicted molar refractivity (Wildman–Crippen MR) is 89.0 cm³/mol. The van der Waals surface area contributed by atoms with Crippen LogP contribution in [-0.2, 0) is 16.1 Å². The van der Waals surface area contributed by atoms with Crippen LogP contribution in [0.5, 0.6) is 5.75 Å². The minimum atomic E-state index is -0.171. The van der Waals surface area contributed by atoms with E-state index in [2.05, 4.69) is 17.8 Å². The minimum Gasteiger partial charge on any atom is -0.497 e. The molecule has 1 fully saturated rings. The molecule has 1 aromatic rings. The van der Waals surface area contributed by atoms with Crippen LogP contribution in [0, 0.1) is 0 Å². The van der Waals surface area contributed by atoms with Crippen molar-refractivity contribution in [1.29, 1.82) is 0 Å². The Morgan fingerprint density at radius 3 is 2.57 bits per heavy atom. The Morgan fingerprint density at radius 2 is 2.00 bits per heavy atom. The number of nitrogens with zero attached hydrogens (tertiary/aromatic N) is 1. The van der Waals surface area contributed by atoms with Gasteiger partial charge in [-0.2, -0.15) is 0 Å². The Bertz CT molecular complexity index is 492. The van der Waals surface area contributed by atoms with Crippen molar-refractivity contribution < 1.29 is 14.3 Å². The predicted octanol–water partition coefficient (Wildman–Crippen LogP) is 1.32. The summed E-state index contributed by atoms with van der Waals surface area (Å²) in [6.45, 7) is 3.79. The van der Waals surface area contributed by atoms with Crippen LogP contribution in [0.15, 0.2) is 24.3 Å². The molecule has 128 valence electrons. The maximum Gasteiger partial charge on any atom is 0.241 e. The number of carbonyl (C=O) groups excluding carboxylic acids is 1. The Morgan fingerprint density at radius 1 is 1.26 bits per heavy atom. The molecule has 0 bridgehead atoms. The van der Waals surface area contributed by atoms with Gasteiger partial charge in [-0.25, -0.2) is 5.43 Å². The average molecular weight is 321 g/mol. The zero-order valence-electron chi connectivity index (χ0n) is 14.2. The van der Waals surface area contributed by atoms with Gasteiger partial charge in [0.05, 0.1) is 13.7 Å². The second-order valence-corrected chi connectivity index (χ2v) is 5.78. The lowest BCUT2D eigenvalue weighted by atomic mass is 10.1. The molecule has 0 radical (unpaired) electrons. The molecule has 23 heavy (non-hydrogen) atoms. The summed E-state index contributed by atoms with van der Waals surface area (Å²) in [5.41, 5.74) is 7.38. The van der Waals surface area contributed by atoms with Crippen LogP contribution in [-0.4, -0.2) is 50.3 Å². The number of hydrogen-bond acceptors (Lipinski definition) is 5. The second kappa shape index (κ2) is 8.86. The van der Waals surface area contributed by atoms with Crippen molar-refractivity contribution in [3.63, 3.8) is 0 Å². The van der Waals surface area contributed by atoms with Crippen molar-refractivity contribution >= 4 is 5.91 Å². The molecule has 1 heterocycles. The highest BCUT2D eigenvalue weighted by atomic mass is 16.5. The molecule has 6 nitrogen and oxygen atoms in total. The zero-order chi connectivity index (χ0) is 16.7. The van der Waals surface area contributed by atoms with E-state index in [1.807, 2.05) is 29.2 Å². The molecule has 6 heteroatoms. The van der Waals surface area contributed by atoms with Gasteiger partial charge >= 0.3 is 0 Å². The first-order valence-corrected chi connectivity index (χ1v) is 8.09. The molecule has 2 unspecified atom stereocenters. The molecule has 2 rings (SSSR count). The standard InChI is InChI=1S/C17H27N3O3/c1-4-14-11-16(19-18-14)17(21)20(9-10-22-2)12-13-5-7-15(23-3)8-6-13/h5-8,14,16,18-19H,4,9-12H2,1-3H3. The molecule has 1 aliphatic rings. The van der Waals surface area contributed by atoms with Gasteiger partial charge in [0.1, 0.15) is 11.8 Å². The first kappa shape index (κ1) is 17.7. The Kier molecular flexibility index (Phi) is 6.83. The van der Waals surface area contributed by atoms with E-state index in [9.17, 15) is 4.79 Å². The summed E-state index contributed by atoms with van der Waals surface area (Å²) >= 11 is 0. The Labute approximate surface area is 138 Å². The number of carbonyl (C=O) groups is 1. The van der Waals surface area contributed by atoms with Crippen LogP contribution in [0.4, 0.5) is 0 Å². The third-order valence-corrected chi connectivity index (χ3v) is 4.18. The van der Waals surface area contributed by atoms with E-state index < -0.39 is 0 Å². The van der Waals surface area contributed by atoms with Gasteiger partial charge < -0.3 is 14.4 Å². The molecule has 1 saturated heterocycles. The van der Waals surface area contributed by atoms with Crippen molar-refractivity contribution in [2.45, 2.75) is 38.4 Å². The molecule has 0 spiro atoms. The van der Waals surface area contributed by atoms with Crippen LogP contribution in [0.2, 0.25) is 0 Å². The van der Waals surface area contributed by atoms with Gasteiger partial charge in [-0.1, -0.05) is 19.1 Å². The number of hydrazine groups is 1. The Balaban J connectivity index is 2.01. The minimum absolute atomic E-state index is 0.112. The third kappa shape index (κ3) is 4.92. The van der Waals surface area contributed by atoms with Crippen LogP contribution in [0.25, 0.3) is 0 Å². The number of amides is 1. The van der Waals surface area contributed by atoms with Crippen molar-refractivity contribution in [1.82, 2.24) is 15.8 Å². The normalized spacial score (nSPS) is 20.5. The average Bonchev–Trinajstić information content (AvgIpc) is 3.07. The second-order valence-electron chi connectivity index (χ2n) is 5.78. The lowest BCUT2D eigenvalue weighted by Gasteiger charge is -2.25. The molecule has 2 atom stereocenters. The van der Waals surface area contributed by atoms with E-state index in [0.717, 1.165) is 24.2 Å². The van der Waals surface area contributed by atoms with Crippen molar-refractivity contribution in [2.24, 2.45) is 0 Å². The SMILES string of the molecule is CCC1CC(C(=O)N(CCOC)Cc2ccc(OC)cc2)NN1. The molecule has 0 aromatic heterocycles. The van der Waals surface area contributed by atoms with Gasteiger partial charge in [-0.15, -0.1) is 0 Å². The highest BCUT2D eigenvalue weighted by Gasteiger charge is 2.31. The highest BCUT2D eigenvalue weighted by molar-refractivity contribution is 5.82. The molecular formula is C17H27N3O3. The van der Waals surface area contributed by atoms with E-state index in [1.54, 1.807) is 14.2 Å². The lowest BCUT2D eigenvalue weighted by Crippen LogP contribution is -2.46. The first-order chi connectivity index (χ1) is 11.2. The summed E-state index contributed by atoms with van der Waals surface area (Å²) in [5, 5.41) is 0.